The van der Waals surface area contributed by atoms with E-state index in [1.165, 1.54) is 10.7 Å². The fraction of sp³-hybridized carbons (Fsp3) is 0.167. The number of aryl methyl sites for hydroxylation is 1. The molecule has 7 nitrogen and oxygen atoms in total. The molecule has 1 aromatic carbocycles. The lowest BCUT2D eigenvalue weighted by Crippen LogP contribution is -2.00. The van der Waals surface area contributed by atoms with Crippen molar-refractivity contribution in [3.8, 4) is 17.4 Å². The summed E-state index contributed by atoms with van der Waals surface area (Å²) in [6.45, 7) is 3.83. The van der Waals surface area contributed by atoms with Crippen molar-refractivity contribution in [1.82, 2.24) is 14.8 Å². The highest BCUT2D eigenvalue weighted by Gasteiger charge is 2.19. The molecular formula is C12H12N4O3. The van der Waals surface area contributed by atoms with Crippen molar-refractivity contribution in [1.29, 1.82) is 0 Å². The first-order valence-corrected chi connectivity index (χ1v) is 5.52. The van der Waals surface area contributed by atoms with Crippen LogP contribution >= 0.6 is 0 Å². The van der Waals surface area contributed by atoms with Crippen LogP contribution in [0, 0.1) is 10.1 Å². The van der Waals surface area contributed by atoms with Crippen molar-refractivity contribution in [3.63, 3.8) is 0 Å². The van der Waals surface area contributed by atoms with Gasteiger partial charge in [0.05, 0.1) is 10.5 Å². The lowest BCUT2D eigenvalue weighted by molar-refractivity contribution is -0.384. The summed E-state index contributed by atoms with van der Waals surface area (Å²) in [6, 6.07) is 6.59. The summed E-state index contributed by atoms with van der Waals surface area (Å²) < 4.78 is 6.72. The first kappa shape index (κ1) is 12.7. The number of para-hydroxylation sites is 1. The zero-order valence-corrected chi connectivity index (χ0v) is 10.3. The van der Waals surface area contributed by atoms with Crippen molar-refractivity contribution in [2.75, 3.05) is 6.61 Å². The van der Waals surface area contributed by atoms with Gasteiger partial charge in [-0.25, -0.2) is 4.68 Å². The van der Waals surface area contributed by atoms with Gasteiger partial charge in [0.25, 0.3) is 5.69 Å². The third-order valence-electron chi connectivity index (χ3n) is 2.40. The largest absolute Gasteiger partial charge is 0.459 e. The zero-order valence-electron chi connectivity index (χ0n) is 10.3. The number of aromatic nitrogens is 3. The van der Waals surface area contributed by atoms with Crippen molar-refractivity contribution in [2.45, 2.75) is 0 Å². The molecule has 0 saturated carbocycles. The Balaban J connectivity index is 2.42. The third kappa shape index (κ3) is 2.59. The molecule has 2 aromatic rings. The van der Waals surface area contributed by atoms with Crippen LogP contribution in [-0.4, -0.2) is 26.3 Å². The normalized spacial score (nSPS) is 10.2. The molecule has 0 spiro atoms. The Morgan fingerprint density at radius 1 is 1.53 bits per heavy atom. The third-order valence-corrected chi connectivity index (χ3v) is 2.40. The van der Waals surface area contributed by atoms with Crippen molar-refractivity contribution in [2.24, 2.45) is 7.05 Å². The standard InChI is InChI=1S/C12H12N4O3/c1-3-8-19-12-13-11(14-15(12)2)9-6-4-5-7-10(9)16(17)18/h3-7H,1,8H2,2H3. The Hall–Kier alpha value is -2.70. The van der Waals surface area contributed by atoms with Crippen LogP contribution in [0.25, 0.3) is 11.4 Å². The number of benzene rings is 1. The number of ether oxygens (including phenoxy) is 1. The maximum Gasteiger partial charge on any atom is 0.315 e. The van der Waals surface area contributed by atoms with Crippen molar-refractivity contribution in [3.05, 3.63) is 47.0 Å². The van der Waals surface area contributed by atoms with Crippen LogP contribution in [0.1, 0.15) is 0 Å². The van der Waals surface area contributed by atoms with Gasteiger partial charge in [0.2, 0.25) is 0 Å². The first-order chi connectivity index (χ1) is 9.13. The van der Waals surface area contributed by atoms with Crippen LogP contribution in [0.3, 0.4) is 0 Å². The topological polar surface area (TPSA) is 83.1 Å². The predicted octanol–water partition coefficient (Wildman–Crippen LogP) is 1.96. The average Bonchev–Trinajstić information content (AvgIpc) is 2.77. The molecule has 0 N–H and O–H groups in total. The van der Waals surface area contributed by atoms with E-state index in [9.17, 15) is 10.1 Å². The maximum atomic E-state index is 11.0. The van der Waals surface area contributed by atoms with E-state index in [0.717, 1.165) is 0 Å². The molecule has 0 radical (unpaired) electrons. The number of hydrogen-bond donors (Lipinski definition) is 0. The number of nitrogens with zero attached hydrogens (tertiary/aromatic N) is 4. The highest BCUT2D eigenvalue weighted by Crippen LogP contribution is 2.27. The van der Waals surface area contributed by atoms with Crippen LogP contribution in [-0.2, 0) is 7.05 Å². The number of hydrogen-bond acceptors (Lipinski definition) is 5. The second-order valence-corrected chi connectivity index (χ2v) is 3.72. The lowest BCUT2D eigenvalue weighted by atomic mass is 10.2. The smallest absolute Gasteiger partial charge is 0.315 e. The van der Waals surface area contributed by atoms with Gasteiger partial charge in [-0.05, 0) is 6.07 Å². The summed E-state index contributed by atoms with van der Waals surface area (Å²) in [7, 11) is 1.66. The van der Waals surface area contributed by atoms with E-state index in [4.69, 9.17) is 4.74 Å². The molecule has 98 valence electrons. The summed E-state index contributed by atoms with van der Waals surface area (Å²) in [5, 5.41) is 15.1. The fourth-order valence-corrected chi connectivity index (χ4v) is 1.57. The minimum Gasteiger partial charge on any atom is -0.459 e. The Bertz CT molecular complexity index is 621. The predicted molar refractivity (Wildman–Crippen MR) is 68.8 cm³/mol. The van der Waals surface area contributed by atoms with Gasteiger partial charge in [-0.2, -0.15) is 4.98 Å². The molecule has 0 fully saturated rings. The van der Waals surface area contributed by atoms with E-state index in [0.29, 0.717) is 12.2 Å². The lowest BCUT2D eigenvalue weighted by Gasteiger charge is -1.98. The quantitative estimate of drug-likeness (QED) is 0.466. The van der Waals surface area contributed by atoms with Gasteiger partial charge in [0, 0.05) is 13.1 Å². The summed E-state index contributed by atoms with van der Waals surface area (Å²) >= 11 is 0. The Labute approximate surface area is 109 Å². The second-order valence-electron chi connectivity index (χ2n) is 3.72. The monoisotopic (exact) mass is 260 g/mol. The molecule has 0 atom stereocenters. The number of rotatable bonds is 5. The molecule has 0 bridgehead atoms. The van der Waals surface area contributed by atoms with Gasteiger partial charge in [0.15, 0.2) is 5.82 Å². The SMILES string of the molecule is C=CCOc1nc(-c2ccccc2[N+](=O)[O-])nn1C. The summed E-state index contributed by atoms with van der Waals surface area (Å²) in [5.74, 6) is 0.258. The molecule has 1 heterocycles. The highest BCUT2D eigenvalue weighted by atomic mass is 16.6. The van der Waals surface area contributed by atoms with Gasteiger partial charge >= 0.3 is 6.01 Å². The molecule has 0 amide bonds. The molecule has 0 unspecified atom stereocenters. The van der Waals surface area contributed by atoms with Crippen LogP contribution in [0.5, 0.6) is 6.01 Å². The van der Waals surface area contributed by atoms with Crippen molar-refractivity contribution >= 4 is 5.69 Å². The van der Waals surface area contributed by atoms with E-state index in [-0.39, 0.29) is 17.5 Å². The average molecular weight is 260 g/mol. The van der Waals surface area contributed by atoms with Gasteiger partial charge in [-0.1, -0.05) is 24.8 Å². The van der Waals surface area contributed by atoms with E-state index < -0.39 is 4.92 Å². The van der Waals surface area contributed by atoms with Crippen LogP contribution in [0.2, 0.25) is 0 Å². The van der Waals surface area contributed by atoms with E-state index in [1.54, 1.807) is 31.3 Å². The van der Waals surface area contributed by atoms with E-state index in [1.807, 2.05) is 0 Å². The fourth-order valence-electron chi connectivity index (χ4n) is 1.57. The number of nitro groups is 1. The molecule has 0 saturated heterocycles. The minimum absolute atomic E-state index is 0.0385. The van der Waals surface area contributed by atoms with Gasteiger partial charge < -0.3 is 4.74 Å². The molecule has 0 aliphatic heterocycles. The Kier molecular flexibility index (Phi) is 3.56. The molecular weight excluding hydrogens is 248 g/mol. The van der Waals surface area contributed by atoms with Gasteiger partial charge in [0.1, 0.15) is 6.61 Å². The van der Waals surface area contributed by atoms with Crippen molar-refractivity contribution < 1.29 is 9.66 Å². The van der Waals surface area contributed by atoms with Gasteiger partial charge in [-0.3, -0.25) is 10.1 Å². The molecule has 0 aliphatic rings. The van der Waals surface area contributed by atoms with Crippen LogP contribution in [0.15, 0.2) is 36.9 Å². The first-order valence-electron chi connectivity index (χ1n) is 5.52. The minimum atomic E-state index is -0.462. The summed E-state index contributed by atoms with van der Waals surface area (Å²) in [6.07, 6.45) is 1.58. The van der Waals surface area contributed by atoms with E-state index >= 15 is 0 Å². The molecule has 0 aliphatic carbocycles. The summed E-state index contributed by atoms with van der Waals surface area (Å²) in [5.41, 5.74) is 0.319. The Morgan fingerprint density at radius 2 is 2.26 bits per heavy atom. The summed E-state index contributed by atoms with van der Waals surface area (Å²) in [4.78, 5) is 14.6. The molecule has 1 aromatic heterocycles. The highest BCUT2D eigenvalue weighted by molar-refractivity contribution is 5.67. The maximum absolute atomic E-state index is 11.0. The molecule has 19 heavy (non-hydrogen) atoms. The zero-order chi connectivity index (χ0) is 13.8. The Morgan fingerprint density at radius 3 is 2.95 bits per heavy atom. The number of nitro benzene ring substituents is 1. The second kappa shape index (κ2) is 5.30. The molecule has 7 heteroatoms. The molecule has 2 rings (SSSR count). The van der Waals surface area contributed by atoms with E-state index in [2.05, 4.69) is 16.7 Å². The van der Waals surface area contributed by atoms with Gasteiger partial charge in [-0.15, -0.1) is 5.10 Å². The van der Waals surface area contributed by atoms with Crippen LogP contribution < -0.4 is 4.74 Å². The van der Waals surface area contributed by atoms with Crippen LogP contribution in [0.4, 0.5) is 5.69 Å².